The van der Waals surface area contributed by atoms with Gasteiger partial charge in [0, 0.05) is 13.1 Å². The molecule has 35 heavy (non-hydrogen) atoms. The van der Waals surface area contributed by atoms with Crippen LogP contribution in [0.5, 0.6) is 0 Å². The van der Waals surface area contributed by atoms with Gasteiger partial charge in [0.2, 0.25) is 17.7 Å². The summed E-state index contributed by atoms with van der Waals surface area (Å²) in [5.74, 6) is -2.15. The molecule has 190 valence electrons. The lowest BCUT2D eigenvalue weighted by atomic mass is 9.65. The van der Waals surface area contributed by atoms with Gasteiger partial charge in [-0.05, 0) is 37.7 Å². The first-order valence-corrected chi connectivity index (χ1v) is 13.1. The average Bonchev–Trinajstić information content (AvgIpc) is 3.49. The normalized spacial score (nSPS) is 35.1. The molecule has 8 nitrogen and oxygen atoms in total. The van der Waals surface area contributed by atoms with E-state index in [2.05, 4.69) is 10.6 Å². The fourth-order valence-corrected chi connectivity index (χ4v) is 7.40. The van der Waals surface area contributed by atoms with Crippen LogP contribution in [0.3, 0.4) is 0 Å². The fourth-order valence-electron chi connectivity index (χ4n) is 7.40. The smallest absolute Gasteiger partial charge is 0.246 e. The SMILES string of the molecule is CC[C@@]12CCC3(O1)C(C(=O)NC1CCCCC1)N([C@H](CO)c1ccccc1)C(=O)[C@@H]3[C@@H]2C(=O)NC. The molecule has 6 atom stereocenters. The molecule has 5 rings (SSSR count). The van der Waals surface area contributed by atoms with Crippen molar-refractivity contribution >= 4 is 17.7 Å². The van der Waals surface area contributed by atoms with E-state index in [9.17, 15) is 19.5 Å². The van der Waals surface area contributed by atoms with Crippen LogP contribution in [0.4, 0.5) is 0 Å². The zero-order valence-corrected chi connectivity index (χ0v) is 20.7. The molecule has 4 fully saturated rings. The molecule has 3 aliphatic heterocycles. The van der Waals surface area contributed by atoms with Gasteiger partial charge in [-0.15, -0.1) is 0 Å². The van der Waals surface area contributed by atoms with Crippen molar-refractivity contribution in [3.63, 3.8) is 0 Å². The molecule has 1 saturated carbocycles. The predicted octanol–water partition coefficient (Wildman–Crippen LogP) is 2.07. The van der Waals surface area contributed by atoms with Crippen molar-refractivity contribution in [2.24, 2.45) is 11.8 Å². The van der Waals surface area contributed by atoms with E-state index in [1.54, 1.807) is 11.9 Å². The first-order chi connectivity index (χ1) is 16.9. The van der Waals surface area contributed by atoms with E-state index in [1.165, 1.54) is 6.42 Å². The van der Waals surface area contributed by atoms with Crippen molar-refractivity contribution in [2.75, 3.05) is 13.7 Å². The van der Waals surface area contributed by atoms with Crippen LogP contribution in [0.15, 0.2) is 30.3 Å². The summed E-state index contributed by atoms with van der Waals surface area (Å²) in [4.78, 5) is 42.9. The van der Waals surface area contributed by atoms with Crippen LogP contribution < -0.4 is 10.6 Å². The summed E-state index contributed by atoms with van der Waals surface area (Å²) in [5.41, 5.74) is -1.07. The minimum Gasteiger partial charge on any atom is -0.394 e. The third-order valence-corrected chi connectivity index (χ3v) is 9.04. The Balaban J connectivity index is 1.59. The van der Waals surface area contributed by atoms with Gasteiger partial charge in [-0.25, -0.2) is 0 Å². The lowest BCUT2D eigenvalue weighted by Crippen LogP contribution is -2.57. The topological polar surface area (TPSA) is 108 Å². The number of carbonyl (C=O) groups excluding carboxylic acids is 3. The van der Waals surface area contributed by atoms with Crippen molar-refractivity contribution in [2.45, 2.75) is 87.6 Å². The number of nitrogens with one attached hydrogen (secondary N) is 2. The van der Waals surface area contributed by atoms with Crippen LogP contribution in [0.2, 0.25) is 0 Å². The average molecular weight is 484 g/mol. The molecule has 0 radical (unpaired) electrons. The van der Waals surface area contributed by atoms with Gasteiger partial charge in [0.05, 0.1) is 30.1 Å². The second kappa shape index (κ2) is 9.21. The monoisotopic (exact) mass is 483 g/mol. The predicted molar refractivity (Wildman–Crippen MR) is 129 cm³/mol. The van der Waals surface area contributed by atoms with Crippen LogP contribution in [0.1, 0.15) is 69.9 Å². The molecule has 1 spiro atoms. The number of hydrogen-bond donors (Lipinski definition) is 3. The van der Waals surface area contributed by atoms with E-state index in [1.807, 2.05) is 37.3 Å². The van der Waals surface area contributed by atoms with Crippen LogP contribution >= 0.6 is 0 Å². The summed E-state index contributed by atoms with van der Waals surface area (Å²) in [6.07, 6.45) is 6.92. The number of likely N-dealkylation sites (tertiary alicyclic amines) is 1. The maximum atomic E-state index is 14.2. The van der Waals surface area contributed by atoms with E-state index < -0.39 is 35.1 Å². The third-order valence-electron chi connectivity index (χ3n) is 9.04. The van der Waals surface area contributed by atoms with E-state index in [4.69, 9.17) is 4.74 Å². The number of carbonyl (C=O) groups is 3. The van der Waals surface area contributed by atoms with Gasteiger partial charge in [0.15, 0.2) is 0 Å². The zero-order valence-electron chi connectivity index (χ0n) is 20.7. The number of ether oxygens (including phenoxy) is 1. The maximum Gasteiger partial charge on any atom is 0.246 e. The van der Waals surface area contributed by atoms with Crippen LogP contribution in [-0.2, 0) is 19.1 Å². The molecule has 3 N–H and O–H groups in total. The van der Waals surface area contributed by atoms with Crippen LogP contribution in [0, 0.1) is 11.8 Å². The van der Waals surface area contributed by atoms with Gasteiger partial charge in [-0.1, -0.05) is 56.5 Å². The summed E-state index contributed by atoms with van der Waals surface area (Å²) in [6.45, 7) is 1.66. The lowest BCUT2D eigenvalue weighted by Gasteiger charge is -2.38. The van der Waals surface area contributed by atoms with Crippen LogP contribution in [-0.4, -0.2) is 64.7 Å². The van der Waals surface area contributed by atoms with Crippen LogP contribution in [0.25, 0.3) is 0 Å². The Bertz CT molecular complexity index is 980. The number of benzene rings is 1. The molecule has 3 saturated heterocycles. The minimum atomic E-state index is -1.08. The number of aliphatic hydroxyl groups is 1. The van der Waals surface area contributed by atoms with Crippen molar-refractivity contribution in [1.82, 2.24) is 15.5 Å². The molecule has 2 bridgehead atoms. The van der Waals surface area contributed by atoms with Crippen molar-refractivity contribution in [1.29, 1.82) is 0 Å². The van der Waals surface area contributed by atoms with Gasteiger partial charge in [0.25, 0.3) is 0 Å². The Morgan fingerprint density at radius 1 is 1.14 bits per heavy atom. The fraction of sp³-hybridized carbons (Fsp3) is 0.667. The van der Waals surface area contributed by atoms with E-state index in [0.29, 0.717) is 19.3 Å². The Morgan fingerprint density at radius 3 is 2.49 bits per heavy atom. The summed E-state index contributed by atoms with van der Waals surface area (Å²) in [7, 11) is 1.58. The molecule has 1 aromatic rings. The summed E-state index contributed by atoms with van der Waals surface area (Å²) in [5, 5.41) is 16.4. The number of amides is 3. The number of fused-ring (bicyclic) bond motifs is 1. The molecule has 2 unspecified atom stereocenters. The molecule has 3 amide bonds. The van der Waals surface area contributed by atoms with Gasteiger partial charge in [-0.2, -0.15) is 0 Å². The maximum absolute atomic E-state index is 14.2. The Morgan fingerprint density at radius 2 is 1.86 bits per heavy atom. The summed E-state index contributed by atoms with van der Waals surface area (Å²) in [6, 6.07) is 7.78. The molecule has 3 heterocycles. The van der Waals surface area contributed by atoms with Gasteiger partial charge in [-0.3, -0.25) is 14.4 Å². The van der Waals surface area contributed by atoms with Crippen molar-refractivity contribution in [3.05, 3.63) is 35.9 Å². The summed E-state index contributed by atoms with van der Waals surface area (Å²) >= 11 is 0. The molecular formula is C27H37N3O5. The minimum absolute atomic E-state index is 0.0708. The molecule has 1 aromatic carbocycles. The van der Waals surface area contributed by atoms with E-state index in [0.717, 1.165) is 31.2 Å². The zero-order chi connectivity index (χ0) is 24.8. The van der Waals surface area contributed by atoms with Gasteiger partial charge < -0.3 is 25.4 Å². The quantitative estimate of drug-likeness (QED) is 0.550. The molecule has 0 aromatic heterocycles. The molecule has 4 aliphatic rings. The highest BCUT2D eigenvalue weighted by Gasteiger charge is 2.79. The largest absolute Gasteiger partial charge is 0.394 e. The Labute approximate surface area is 206 Å². The second-order valence-corrected chi connectivity index (χ2v) is 10.6. The van der Waals surface area contributed by atoms with Gasteiger partial charge in [0.1, 0.15) is 11.6 Å². The first-order valence-electron chi connectivity index (χ1n) is 13.1. The highest BCUT2D eigenvalue weighted by Crippen LogP contribution is 2.65. The highest BCUT2D eigenvalue weighted by atomic mass is 16.5. The molecular weight excluding hydrogens is 446 g/mol. The molecule has 1 aliphatic carbocycles. The third kappa shape index (κ3) is 3.59. The number of hydrogen-bond acceptors (Lipinski definition) is 5. The Kier molecular flexibility index (Phi) is 6.38. The standard InChI is InChI=1S/C27H37N3O5/c1-3-26-14-15-27(35-26)21(20(26)23(32)28-2)25(34)30(19(16-31)17-10-6-4-7-11-17)22(27)24(33)29-18-12-8-5-9-13-18/h4,6-7,10-11,18-22,31H,3,5,8-9,12-16H2,1-2H3,(H,28,32)(H,29,33)/t19-,20-,21+,22?,26+,27?/m1/s1. The number of nitrogens with zero attached hydrogens (tertiary/aromatic N) is 1. The van der Waals surface area contributed by atoms with E-state index in [-0.39, 0.29) is 30.4 Å². The summed E-state index contributed by atoms with van der Waals surface area (Å²) < 4.78 is 6.74. The lowest BCUT2D eigenvalue weighted by molar-refractivity contribution is -0.151. The van der Waals surface area contributed by atoms with E-state index >= 15 is 0 Å². The second-order valence-electron chi connectivity index (χ2n) is 10.6. The van der Waals surface area contributed by atoms with Gasteiger partial charge >= 0.3 is 0 Å². The highest BCUT2D eigenvalue weighted by molar-refractivity contribution is 5.99. The van der Waals surface area contributed by atoms with Crippen molar-refractivity contribution < 1.29 is 24.2 Å². The first kappa shape index (κ1) is 24.3. The molecule has 8 heteroatoms. The van der Waals surface area contributed by atoms with Crippen molar-refractivity contribution in [3.8, 4) is 0 Å². The Hall–Kier alpha value is -2.45. The number of rotatable bonds is 7. The number of aliphatic hydroxyl groups excluding tert-OH is 1.